The molecule has 2 aliphatic rings. The molecule has 0 aromatic rings. The lowest BCUT2D eigenvalue weighted by molar-refractivity contribution is -0.294. The van der Waals surface area contributed by atoms with Gasteiger partial charge in [-0.3, -0.25) is 0 Å². The SMILES string of the molecule is CO[C@@H]1O[C@H](CO)[C@@]2(O)C(C)[C@@]2(O)[C@H]1O. The number of aliphatic hydroxyl groups excluding tert-OH is 2. The second-order valence-electron chi connectivity index (χ2n) is 4.23. The van der Waals surface area contributed by atoms with Gasteiger partial charge in [0.15, 0.2) is 6.29 Å². The molecule has 1 saturated carbocycles. The van der Waals surface area contributed by atoms with Gasteiger partial charge in [0, 0.05) is 13.0 Å². The molecule has 0 amide bonds. The maximum atomic E-state index is 10.1. The number of ether oxygens (including phenoxy) is 2. The molecule has 88 valence electrons. The van der Waals surface area contributed by atoms with Crippen LogP contribution >= 0.6 is 0 Å². The molecule has 1 heterocycles. The highest BCUT2D eigenvalue weighted by Gasteiger charge is 2.84. The number of hydrogen-bond donors (Lipinski definition) is 4. The Morgan fingerprint density at radius 3 is 2.40 bits per heavy atom. The number of rotatable bonds is 2. The molecule has 6 heteroatoms. The van der Waals surface area contributed by atoms with E-state index in [0.29, 0.717) is 0 Å². The maximum absolute atomic E-state index is 10.1. The number of fused-ring (bicyclic) bond motifs is 1. The fourth-order valence-electron chi connectivity index (χ4n) is 2.62. The molecule has 1 aliphatic carbocycles. The van der Waals surface area contributed by atoms with Gasteiger partial charge in [-0.05, 0) is 0 Å². The number of hydrogen-bond acceptors (Lipinski definition) is 6. The molecule has 0 radical (unpaired) electrons. The largest absolute Gasteiger partial charge is 0.394 e. The summed E-state index contributed by atoms with van der Waals surface area (Å²) in [6, 6.07) is 0. The summed E-state index contributed by atoms with van der Waals surface area (Å²) in [5.74, 6) is -0.558. The first-order valence-corrected chi connectivity index (χ1v) is 4.86. The molecular weight excluding hydrogens is 204 g/mol. The molecule has 0 aromatic heterocycles. The Hall–Kier alpha value is -0.240. The van der Waals surface area contributed by atoms with Gasteiger partial charge in [0.1, 0.15) is 23.4 Å². The summed E-state index contributed by atoms with van der Waals surface area (Å²) in [6.45, 7) is 1.16. The molecule has 0 bridgehead atoms. The summed E-state index contributed by atoms with van der Waals surface area (Å²) >= 11 is 0. The molecule has 1 aliphatic heterocycles. The summed E-state index contributed by atoms with van der Waals surface area (Å²) in [4.78, 5) is 0. The van der Waals surface area contributed by atoms with Gasteiger partial charge in [0.05, 0.1) is 6.61 Å². The molecule has 0 spiro atoms. The van der Waals surface area contributed by atoms with Crippen LogP contribution in [0.4, 0.5) is 0 Å². The average Bonchev–Trinajstić information content (AvgIpc) is 2.68. The quantitative estimate of drug-likeness (QED) is 0.422. The van der Waals surface area contributed by atoms with E-state index in [1.54, 1.807) is 6.92 Å². The lowest BCUT2D eigenvalue weighted by atomic mass is 9.99. The van der Waals surface area contributed by atoms with Gasteiger partial charge >= 0.3 is 0 Å². The van der Waals surface area contributed by atoms with E-state index in [2.05, 4.69) is 0 Å². The van der Waals surface area contributed by atoms with Gasteiger partial charge in [0.2, 0.25) is 0 Å². The van der Waals surface area contributed by atoms with Crippen LogP contribution < -0.4 is 0 Å². The fraction of sp³-hybridized carbons (Fsp3) is 1.00. The molecule has 1 unspecified atom stereocenters. The van der Waals surface area contributed by atoms with Crippen molar-refractivity contribution in [2.45, 2.75) is 36.6 Å². The lowest BCUT2D eigenvalue weighted by Gasteiger charge is -2.38. The first-order chi connectivity index (χ1) is 6.94. The van der Waals surface area contributed by atoms with Crippen LogP contribution in [-0.2, 0) is 9.47 Å². The highest BCUT2D eigenvalue weighted by atomic mass is 16.7. The molecule has 1 saturated heterocycles. The lowest BCUT2D eigenvalue weighted by Crippen LogP contribution is -2.58. The second-order valence-corrected chi connectivity index (χ2v) is 4.23. The molecule has 6 nitrogen and oxygen atoms in total. The van der Waals surface area contributed by atoms with Crippen LogP contribution in [0.2, 0.25) is 0 Å². The first kappa shape index (κ1) is 11.3. The minimum absolute atomic E-state index is 0.435. The van der Waals surface area contributed by atoms with E-state index in [9.17, 15) is 15.3 Å². The van der Waals surface area contributed by atoms with Crippen LogP contribution in [-0.4, -0.2) is 63.8 Å². The van der Waals surface area contributed by atoms with E-state index >= 15 is 0 Å². The Morgan fingerprint density at radius 1 is 1.33 bits per heavy atom. The maximum Gasteiger partial charge on any atom is 0.186 e. The van der Waals surface area contributed by atoms with E-state index in [1.165, 1.54) is 7.11 Å². The zero-order valence-electron chi connectivity index (χ0n) is 8.62. The van der Waals surface area contributed by atoms with Crippen LogP contribution in [0.3, 0.4) is 0 Å². The van der Waals surface area contributed by atoms with Crippen molar-refractivity contribution >= 4 is 0 Å². The van der Waals surface area contributed by atoms with Gasteiger partial charge in [-0.2, -0.15) is 0 Å². The van der Waals surface area contributed by atoms with Crippen LogP contribution in [0.25, 0.3) is 0 Å². The molecule has 6 atom stereocenters. The average molecular weight is 220 g/mol. The van der Waals surface area contributed by atoms with Crippen LogP contribution in [0, 0.1) is 5.92 Å². The van der Waals surface area contributed by atoms with Crippen molar-refractivity contribution in [3.8, 4) is 0 Å². The van der Waals surface area contributed by atoms with Crippen LogP contribution in [0.15, 0.2) is 0 Å². The predicted octanol–water partition coefficient (Wildman–Crippen LogP) is -2.18. The van der Waals surface area contributed by atoms with Crippen molar-refractivity contribution in [3.05, 3.63) is 0 Å². The first-order valence-electron chi connectivity index (χ1n) is 4.86. The Balaban J connectivity index is 2.30. The molecule has 4 N–H and O–H groups in total. The highest BCUT2D eigenvalue weighted by molar-refractivity contribution is 5.32. The van der Waals surface area contributed by atoms with Crippen molar-refractivity contribution < 1.29 is 29.9 Å². The van der Waals surface area contributed by atoms with Crippen molar-refractivity contribution in [1.82, 2.24) is 0 Å². The third kappa shape index (κ3) is 1.04. The van der Waals surface area contributed by atoms with Crippen LogP contribution in [0.1, 0.15) is 6.92 Å². The standard InChI is InChI=1S/C9H16O6/c1-4-8(12)5(3-10)15-7(14-2)6(11)9(4,8)13/h4-7,10-13H,3H2,1-2H3/t4?,5-,6+,7-,8+,9-/m1/s1. The normalized spacial score (nSPS) is 58.8. The molecule has 2 fully saturated rings. The highest BCUT2D eigenvalue weighted by Crippen LogP contribution is 2.62. The van der Waals surface area contributed by atoms with E-state index in [4.69, 9.17) is 14.6 Å². The Morgan fingerprint density at radius 2 is 1.93 bits per heavy atom. The monoisotopic (exact) mass is 220 g/mol. The second kappa shape index (κ2) is 3.13. The summed E-state index contributed by atoms with van der Waals surface area (Å²) in [6.07, 6.45) is -3.28. The van der Waals surface area contributed by atoms with Crippen molar-refractivity contribution in [2.75, 3.05) is 13.7 Å². The van der Waals surface area contributed by atoms with Crippen LogP contribution in [0.5, 0.6) is 0 Å². The van der Waals surface area contributed by atoms with Crippen molar-refractivity contribution in [2.24, 2.45) is 5.92 Å². The van der Waals surface area contributed by atoms with Crippen molar-refractivity contribution in [3.63, 3.8) is 0 Å². The Labute approximate surface area is 87.1 Å². The summed E-state index contributed by atoms with van der Waals surface area (Å²) in [7, 11) is 1.32. The fourth-order valence-corrected chi connectivity index (χ4v) is 2.62. The van der Waals surface area contributed by atoms with E-state index < -0.39 is 42.2 Å². The topological polar surface area (TPSA) is 99.4 Å². The van der Waals surface area contributed by atoms with E-state index in [0.717, 1.165) is 0 Å². The smallest absolute Gasteiger partial charge is 0.186 e. The summed E-state index contributed by atoms with van der Waals surface area (Å²) in [5.41, 5.74) is -3.24. The molecular formula is C9H16O6. The van der Waals surface area contributed by atoms with Gasteiger partial charge in [-0.15, -0.1) is 0 Å². The number of methoxy groups -OCH3 is 1. The number of aliphatic hydroxyl groups is 4. The Kier molecular flexibility index (Phi) is 2.35. The molecule has 15 heavy (non-hydrogen) atoms. The predicted molar refractivity (Wildman–Crippen MR) is 47.8 cm³/mol. The minimum atomic E-state index is -1.65. The zero-order valence-corrected chi connectivity index (χ0v) is 8.62. The van der Waals surface area contributed by atoms with Gasteiger partial charge in [-0.1, -0.05) is 6.92 Å². The van der Waals surface area contributed by atoms with E-state index in [1.807, 2.05) is 0 Å². The third-order valence-electron chi connectivity index (χ3n) is 3.77. The molecule has 2 rings (SSSR count). The zero-order chi connectivity index (χ0) is 11.4. The van der Waals surface area contributed by atoms with Crippen molar-refractivity contribution in [1.29, 1.82) is 0 Å². The summed E-state index contributed by atoms with van der Waals surface area (Å²) in [5, 5.41) is 38.9. The minimum Gasteiger partial charge on any atom is -0.394 e. The van der Waals surface area contributed by atoms with Gasteiger partial charge in [-0.25, -0.2) is 0 Å². The molecule has 0 aromatic carbocycles. The third-order valence-corrected chi connectivity index (χ3v) is 3.77. The Bertz CT molecular complexity index is 271. The van der Waals surface area contributed by atoms with E-state index in [-0.39, 0.29) is 0 Å². The van der Waals surface area contributed by atoms with Gasteiger partial charge < -0.3 is 29.9 Å². The summed E-state index contributed by atoms with van der Waals surface area (Å²) < 4.78 is 9.99. The van der Waals surface area contributed by atoms with Gasteiger partial charge in [0.25, 0.3) is 0 Å².